The lowest BCUT2D eigenvalue weighted by molar-refractivity contribution is -0.163. The fourth-order valence-corrected chi connectivity index (χ4v) is 1.03. The molecule has 4 nitrogen and oxygen atoms in total. The van der Waals surface area contributed by atoms with Gasteiger partial charge in [0.2, 0.25) is 0 Å². The Morgan fingerprint density at radius 2 is 2.00 bits per heavy atom. The molecular formula is C6H5N2O2P. The van der Waals surface area contributed by atoms with E-state index in [1.54, 1.807) is 12.1 Å². The van der Waals surface area contributed by atoms with Crippen LogP contribution in [0.25, 0.3) is 0 Å². The number of allylic oxidation sites excluding steroid dienone is 2. The highest BCUT2D eigenvalue weighted by molar-refractivity contribution is 7.36. The van der Waals surface area contributed by atoms with Crippen LogP contribution in [0, 0.1) is 22.7 Å². The van der Waals surface area contributed by atoms with Crippen molar-refractivity contribution in [1.82, 2.24) is 0 Å². The minimum Gasteiger partial charge on any atom is -0.595 e. The van der Waals surface area contributed by atoms with Gasteiger partial charge < -0.3 is 4.89 Å². The topological polar surface area (TPSA) is 87.7 Å². The quantitative estimate of drug-likeness (QED) is 0.442. The smallest absolute Gasteiger partial charge is 0.313 e. The van der Waals surface area contributed by atoms with Gasteiger partial charge in [-0.15, -0.1) is 0 Å². The molecule has 0 aliphatic carbocycles. The van der Waals surface area contributed by atoms with Crippen molar-refractivity contribution < 1.29 is 9.46 Å². The molecule has 0 spiro atoms. The maximum Gasteiger partial charge on any atom is 0.313 e. The van der Waals surface area contributed by atoms with E-state index in [0.29, 0.717) is 5.57 Å². The lowest BCUT2D eigenvalue weighted by Gasteiger charge is -1.90. The lowest BCUT2D eigenvalue weighted by atomic mass is 10.2. The Morgan fingerprint density at radius 3 is 2.27 bits per heavy atom. The van der Waals surface area contributed by atoms with E-state index in [2.05, 4.69) is 0 Å². The molecule has 0 aliphatic heterocycles. The Balaban J connectivity index is 4.56. The number of hydrogen-bond acceptors (Lipinski definition) is 4. The van der Waals surface area contributed by atoms with Gasteiger partial charge in [-0.2, -0.15) is 10.5 Å². The van der Waals surface area contributed by atoms with E-state index in [0.717, 1.165) is 0 Å². The Bertz CT molecular complexity index is 266. The van der Waals surface area contributed by atoms with Crippen LogP contribution in [0.15, 0.2) is 11.1 Å². The summed E-state index contributed by atoms with van der Waals surface area (Å²) in [5.74, 6) is 0. The summed E-state index contributed by atoms with van der Waals surface area (Å²) in [5.41, 5.74) is 0.176. The zero-order valence-electron chi connectivity index (χ0n) is 5.87. The van der Waals surface area contributed by atoms with Crippen LogP contribution in [0.5, 0.6) is 0 Å². The van der Waals surface area contributed by atoms with Crippen molar-refractivity contribution in [3.05, 3.63) is 11.1 Å². The van der Waals surface area contributed by atoms with E-state index in [-0.39, 0.29) is 11.7 Å². The molecule has 0 heterocycles. The Labute approximate surface area is 65.2 Å². The first kappa shape index (κ1) is 9.78. The van der Waals surface area contributed by atoms with Crippen molar-refractivity contribution >= 4 is 8.03 Å². The molecule has 5 heteroatoms. The maximum absolute atomic E-state index is 10.1. The highest BCUT2D eigenvalue weighted by Gasteiger charge is 2.07. The van der Waals surface area contributed by atoms with E-state index in [9.17, 15) is 9.46 Å². The largest absolute Gasteiger partial charge is 0.595 e. The summed E-state index contributed by atoms with van der Waals surface area (Å²) in [6, 6.07) is 3.22. The summed E-state index contributed by atoms with van der Waals surface area (Å²) >= 11 is 0. The first-order valence-electron chi connectivity index (χ1n) is 2.73. The van der Waals surface area contributed by atoms with Crippen LogP contribution < -0.4 is 4.89 Å². The Hall–Kier alpha value is -1.22. The number of hydrogen-bond donors (Lipinski definition) is 0. The molecule has 0 amide bonds. The lowest BCUT2D eigenvalue weighted by Crippen LogP contribution is -1.94. The van der Waals surface area contributed by atoms with Gasteiger partial charge in [0.1, 0.15) is 17.7 Å². The molecule has 56 valence electrons. The zero-order valence-corrected chi connectivity index (χ0v) is 6.76. The predicted octanol–water partition coefficient (Wildman–Crippen LogP) is 0.453. The average Bonchev–Trinajstić information content (AvgIpc) is 1.88. The van der Waals surface area contributed by atoms with Crippen molar-refractivity contribution in [2.45, 2.75) is 6.92 Å². The van der Waals surface area contributed by atoms with Gasteiger partial charge in [0.05, 0.1) is 0 Å². The van der Waals surface area contributed by atoms with Crippen molar-refractivity contribution in [3.63, 3.8) is 0 Å². The summed E-state index contributed by atoms with van der Waals surface area (Å²) in [5, 5.41) is 16.6. The molecule has 1 unspecified atom stereocenters. The van der Waals surface area contributed by atoms with Gasteiger partial charge in [0.25, 0.3) is 0 Å². The second-order valence-electron chi connectivity index (χ2n) is 1.87. The minimum atomic E-state index is -2.54. The van der Waals surface area contributed by atoms with E-state index in [1.165, 1.54) is 6.92 Å². The van der Waals surface area contributed by atoms with Crippen molar-refractivity contribution in [3.8, 4) is 12.1 Å². The number of nitriles is 2. The van der Waals surface area contributed by atoms with Gasteiger partial charge in [0.15, 0.2) is 6.16 Å². The van der Waals surface area contributed by atoms with Crippen LogP contribution in [0.2, 0.25) is 0 Å². The molecule has 0 saturated heterocycles. The van der Waals surface area contributed by atoms with E-state index < -0.39 is 8.03 Å². The average molecular weight is 168 g/mol. The molecule has 0 N–H and O–H groups in total. The molecule has 0 saturated carbocycles. The molecule has 0 fully saturated rings. The van der Waals surface area contributed by atoms with Gasteiger partial charge in [-0.3, -0.25) is 0 Å². The Morgan fingerprint density at radius 1 is 1.55 bits per heavy atom. The normalized spacial score (nSPS) is 9.27. The summed E-state index contributed by atoms with van der Waals surface area (Å²) in [7, 11) is -2.54. The second kappa shape index (κ2) is 4.57. The van der Waals surface area contributed by atoms with Crippen LogP contribution in [0.4, 0.5) is 0 Å². The van der Waals surface area contributed by atoms with E-state index in [4.69, 9.17) is 10.5 Å². The zero-order chi connectivity index (χ0) is 8.85. The first-order chi connectivity index (χ1) is 5.11. The molecule has 0 aromatic carbocycles. The molecule has 1 atom stereocenters. The van der Waals surface area contributed by atoms with Crippen LogP contribution in [-0.4, -0.2) is 6.16 Å². The molecule has 0 aromatic rings. The van der Waals surface area contributed by atoms with Gasteiger partial charge in [-0.1, -0.05) is 4.57 Å². The maximum atomic E-state index is 10.1. The summed E-state index contributed by atoms with van der Waals surface area (Å²) < 4.78 is 10.1. The van der Waals surface area contributed by atoms with Gasteiger partial charge in [-0.05, 0) is 6.92 Å². The molecule has 0 aliphatic rings. The minimum absolute atomic E-state index is 0.121. The van der Waals surface area contributed by atoms with E-state index >= 15 is 0 Å². The molecule has 0 aromatic heterocycles. The van der Waals surface area contributed by atoms with Crippen molar-refractivity contribution in [1.29, 1.82) is 10.5 Å². The second-order valence-corrected chi connectivity index (χ2v) is 2.85. The molecule has 0 bridgehead atoms. The van der Waals surface area contributed by atoms with Crippen LogP contribution in [0.1, 0.15) is 6.92 Å². The van der Waals surface area contributed by atoms with Crippen molar-refractivity contribution in [2.75, 3.05) is 6.16 Å². The number of nitrogens with zero attached hydrogens (tertiary/aromatic N) is 2. The van der Waals surface area contributed by atoms with Gasteiger partial charge in [0, 0.05) is 5.57 Å². The molecule has 11 heavy (non-hydrogen) atoms. The monoisotopic (exact) mass is 168 g/mol. The highest BCUT2D eigenvalue weighted by atomic mass is 31.1. The van der Waals surface area contributed by atoms with Crippen LogP contribution >= 0.6 is 8.03 Å². The van der Waals surface area contributed by atoms with Crippen molar-refractivity contribution in [2.24, 2.45) is 0 Å². The fourth-order valence-electron chi connectivity index (χ4n) is 0.489. The van der Waals surface area contributed by atoms with E-state index in [1.807, 2.05) is 0 Å². The predicted molar refractivity (Wildman–Crippen MR) is 36.4 cm³/mol. The summed E-state index contributed by atoms with van der Waals surface area (Å²) in [4.78, 5) is 10.1. The Kier molecular flexibility index (Phi) is 4.07. The SMILES string of the molecule is CC(C[P+](=O)[O-])=C(C#N)C#N. The third-order valence-electron chi connectivity index (χ3n) is 1.02. The highest BCUT2D eigenvalue weighted by Crippen LogP contribution is 2.15. The summed E-state index contributed by atoms with van der Waals surface area (Å²) in [6.45, 7) is 1.45. The first-order valence-corrected chi connectivity index (χ1v) is 4.09. The van der Waals surface area contributed by atoms with Gasteiger partial charge >= 0.3 is 8.03 Å². The standard InChI is InChI=1S/C6H5N2O2P/c1-5(4-11(9)10)6(2-7)3-8/h4H2,1H3. The van der Waals surface area contributed by atoms with Crippen LogP contribution in [-0.2, 0) is 4.57 Å². The number of rotatable bonds is 2. The third-order valence-corrected chi connectivity index (χ3v) is 1.75. The molecule has 0 radical (unpaired) electrons. The molecular weight excluding hydrogens is 163 g/mol. The molecule has 0 rings (SSSR count). The third kappa shape index (κ3) is 3.47. The van der Waals surface area contributed by atoms with Crippen LogP contribution in [0.3, 0.4) is 0 Å². The fraction of sp³-hybridized carbons (Fsp3) is 0.333. The summed E-state index contributed by atoms with van der Waals surface area (Å²) in [6.07, 6.45) is -0.216. The van der Waals surface area contributed by atoms with Gasteiger partial charge in [-0.25, -0.2) is 0 Å².